The molecule has 0 saturated carbocycles. The van der Waals surface area contributed by atoms with Crippen molar-refractivity contribution in [2.75, 3.05) is 30.0 Å². The molecule has 0 saturated heterocycles. The van der Waals surface area contributed by atoms with E-state index < -0.39 is 11.6 Å². The Morgan fingerprint density at radius 3 is 2.32 bits per heavy atom. The number of nitrogens with one attached hydrogen (secondary N) is 1. The summed E-state index contributed by atoms with van der Waals surface area (Å²) in [5, 5.41) is 2.46. The van der Waals surface area contributed by atoms with E-state index in [-0.39, 0.29) is 23.5 Å². The van der Waals surface area contributed by atoms with Crippen molar-refractivity contribution >= 4 is 23.5 Å². The summed E-state index contributed by atoms with van der Waals surface area (Å²) in [7, 11) is 3.42. The van der Waals surface area contributed by atoms with Crippen molar-refractivity contribution in [3.8, 4) is 0 Å². The fraction of sp³-hybridized carbons (Fsp3) is 0.182. The summed E-state index contributed by atoms with van der Waals surface area (Å²) in [5.41, 5.74) is 5.18. The number of benzene rings is 1. The van der Waals surface area contributed by atoms with Crippen LogP contribution in [0.2, 0.25) is 0 Å². The van der Waals surface area contributed by atoms with Gasteiger partial charge in [0.1, 0.15) is 17.3 Å². The van der Waals surface area contributed by atoms with Crippen LogP contribution in [0.1, 0.15) is 0 Å². The Labute approximate surface area is 108 Å². The van der Waals surface area contributed by atoms with Gasteiger partial charge in [0.15, 0.2) is 0 Å². The molecule has 0 bridgehead atoms. The fourth-order valence-corrected chi connectivity index (χ4v) is 1.37. The van der Waals surface area contributed by atoms with Gasteiger partial charge in [-0.1, -0.05) is 6.07 Å². The van der Waals surface area contributed by atoms with Crippen LogP contribution in [0.15, 0.2) is 18.2 Å². The molecule has 0 spiro atoms. The van der Waals surface area contributed by atoms with Gasteiger partial charge in [0.2, 0.25) is 17.8 Å². The number of nitrogen functional groups attached to an aromatic ring is 1. The minimum absolute atomic E-state index is 0.0276. The highest BCUT2D eigenvalue weighted by atomic mass is 19.1. The summed E-state index contributed by atoms with van der Waals surface area (Å²) in [5.74, 6) is -1.28. The lowest BCUT2D eigenvalue weighted by Gasteiger charge is -2.12. The number of anilines is 4. The Hall–Kier alpha value is -2.51. The van der Waals surface area contributed by atoms with Crippen LogP contribution in [0.5, 0.6) is 0 Å². The van der Waals surface area contributed by atoms with Gasteiger partial charge >= 0.3 is 0 Å². The van der Waals surface area contributed by atoms with E-state index in [1.807, 2.05) is 0 Å². The molecule has 6 nitrogen and oxygen atoms in total. The number of hydrogen-bond donors (Lipinski definition) is 2. The molecule has 2 aromatic rings. The highest BCUT2D eigenvalue weighted by Gasteiger charge is 2.12. The molecule has 0 radical (unpaired) electrons. The molecule has 0 unspecified atom stereocenters. The summed E-state index contributed by atoms with van der Waals surface area (Å²) >= 11 is 0. The number of halogens is 2. The Bertz CT molecular complexity index is 581. The van der Waals surface area contributed by atoms with Crippen molar-refractivity contribution in [2.45, 2.75) is 0 Å². The Balaban J connectivity index is 2.38. The summed E-state index contributed by atoms with van der Waals surface area (Å²) in [4.78, 5) is 13.2. The first-order chi connectivity index (χ1) is 8.97. The lowest BCUT2D eigenvalue weighted by atomic mass is 10.3. The van der Waals surface area contributed by atoms with E-state index in [1.165, 1.54) is 6.07 Å². The van der Waals surface area contributed by atoms with Gasteiger partial charge in [0.05, 0.1) is 0 Å². The summed E-state index contributed by atoms with van der Waals surface area (Å²) < 4.78 is 27.0. The third-order valence-electron chi connectivity index (χ3n) is 2.24. The molecule has 1 aromatic heterocycles. The molecule has 0 amide bonds. The molecule has 2 rings (SSSR count). The second-order valence-electron chi connectivity index (χ2n) is 3.93. The number of rotatable bonds is 3. The maximum atomic E-state index is 13.5. The van der Waals surface area contributed by atoms with Crippen LogP contribution in [0.4, 0.5) is 32.3 Å². The molecular weight excluding hydrogens is 254 g/mol. The second kappa shape index (κ2) is 5.01. The SMILES string of the molecule is CN(C)c1nc(N)nc(Nc2c(F)cccc2F)n1. The smallest absolute Gasteiger partial charge is 0.233 e. The number of para-hydroxylation sites is 1. The van der Waals surface area contributed by atoms with Gasteiger partial charge in [-0.3, -0.25) is 0 Å². The molecule has 1 aromatic carbocycles. The molecule has 0 aliphatic rings. The summed E-state index contributed by atoms with van der Waals surface area (Å²) in [6.07, 6.45) is 0. The van der Waals surface area contributed by atoms with E-state index in [2.05, 4.69) is 20.3 Å². The predicted octanol–water partition coefficient (Wildman–Crippen LogP) is 1.54. The molecule has 0 atom stereocenters. The molecule has 8 heteroatoms. The molecule has 1 heterocycles. The van der Waals surface area contributed by atoms with E-state index >= 15 is 0 Å². The maximum Gasteiger partial charge on any atom is 0.233 e. The molecule has 0 aliphatic heterocycles. The quantitative estimate of drug-likeness (QED) is 0.877. The fourth-order valence-electron chi connectivity index (χ4n) is 1.37. The Morgan fingerprint density at radius 1 is 1.11 bits per heavy atom. The van der Waals surface area contributed by atoms with Gasteiger partial charge in [0.25, 0.3) is 0 Å². The van der Waals surface area contributed by atoms with Gasteiger partial charge in [-0.05, 0) is 12.1 Å². The first-order valence-electron chi connectivity index (χ1n) is 5.37. The van der Waals surface area contributed by atoms with Gasteiger partial charge in [-0.15, -0.1) is 0 Å². The van der Waals surface area contributed by atoms with Crippen molar-refractivity contribution in [1.29, 1.82) is 0 Å². The third-order valence-corrected chi connectivity index (χ3v) is 2.24. The number of hydrogen-bond acceptors (Lipinski definition) is 6. The largest absolute Gasteiger partial charge is 0.368 e. The van der Waals surface area contributed by atoms with Crippen molar-refractivity contribution in [1.82, 2.24) is 15.0 Å². The monoisotopic (exact) mass is 266 g/mol. The molecule has 0 fully saturated rings. The number of aromatic nitrogens is 3. The average Bonchev–Trinajstić information content (AvgIpc) is 2.33. The minimum Gasteiger partial charge on any atom is -0.368 e. The van der Waals surface area contributed by atoms with Crippen LogP contribution in [0.3, 0.4) is 0 Å². The number of nitrogens with zero attached hydrogens (tertiary/aromatic N) is 4. The lowest BCUT2D eigenvalue weighted by Crippen LogP contribution is -2.16. The molecule has 3 N–H and O–H groups in total. The topological polar surface area (TPSA) is 80.0 Å². The van der Waals surface area contributed by atoms with Crippen molar-refractivity contribution < 1.29 is 8.78 Å². The van der Waals surface area contributed by atoms with E-state index in [0.29, 0.717) is 0 Å². The molecule has 19 heavy (non-hydrogen) atoms. The average molecular weight is 266 g/mol. The van der Waals surface area contributed by atoms with E-state index in [9.17, 15) is 8.78 Å². The third kappa shape index (κ3) is 2.84. The molecule has 100 valence electrons. The van der Waals surface area contributed by atoms with Crippen molar-refractivity contribution in [2.24, 2.45) is 0 Å². The minimum atomic E-state index is -0.745. The Kier molecular flexibility index (Phi) is 3.41. The highest BCUT2D eigenvalue weighted by Crippen LogP contribution is 2.22. The molecule has 0 aliphatic carbocycles. The van der Waals surface area contributed by atoms with Gasteiger partial charge in [-0.2, -0.15) is 15.0 Å². The van der Waals surface area contributed by atoms with Gasteiger partial charge in [-0.25, -0.2) is 8.78 Å². The van der Waals surface area contributed by atoms with Crippen LogP contribution in [0.25, 0.3) is 0 Å². The van der Waals surface area contributed by atoms with Crippen LogP contribution in [-0.4, -0.2) is 29.0 Å². The van der Waals surface area contributed by atoms with Crippen LogP contribution >= 0.6 is 0 Å². The summed E-state index contributed by atoms with van der Waals surface area (Å²) in [6.45, 7) is 0. The Morgan fingerprint density at radius 2 is 1.74 bits per heavy atom. The first kappa shape index (κ1) is 12.9. The van der Waals surface area contributed by atoms with Crippen molar-refractivity contribution in [3.63, 3.8) is 0 Å². The maximum absolute atomic E-state index is 13.5. The van der Waals surface area contributed by atoms with E-state index in [4.69, 9.17) is 5.73 Å². The van der Waals surface area contributed by atoms with Crippen LogP contribution < -0.4 is 16.0 Å². The van der Waals surface area contributed by atoms with Gasteiger partial charge < -0.3 is 16.0 Å². The van der Waals surface area contributed by atoms with E-state index in [0.717, 1.165) is 12.1 Å². The zero-order chi connectivity index (χ0) is 14.0. The van der Waals surface area contributed by atoms with Crippen LogP contribution in [0, 0.1) is 11.6 Å². The lowest BCUT2D eigenvalue weighted by molar-refractivity contribution is 0.590. The zero-order valence-electron chi connectivity index (χ0n) is 10.4. The predicted molar refractivity (Wildman–Crippen MR) is 68.2 cm³/mol. The van der Waals surface area contributed by atoms with Crippen molar-refractivity contribution in [3.05, 3.63) is 29.8 Å². The zero-order valence-corrected chi connectivity index (χ0v) is 10.4. The molecular formula is C11H12F2N6. The van der Waals surface area contributed by atoms with Gasteiger partial charge in [0, 0.05) is 14.1 Å². The normalized spacial score (nSPS) is 10.3. The number of nitrogens with two attached hydrogens (primary N) is 1. The first-order valence-corrected chi connectivity index (χ1v) is 5.37. The second-order valence-corrected chi connectivity index (χ2v) is 3.93. The standard InChI is InChI=1S/C11H12F2N6/c1-19(2)11-17-9(14)16-10(18-11)15-8-6(12)4-3-5-7(8)13/h3-5H,1-2H3,(H3,14,15,16,17,18). The highest BCUT2D eigenvalue weighted by molar-refractivity contribution is 5.56. The summed E-state index contributed by atoms with van der Waals surface area (Å²) in [6, 6.07) is 3.52. The van der Waals surface area contributed by atoms with Crippen LogP contribution in [-0.2, 0) is 0 Å². The van der Waals surface area contributed by atoms with E-state index in [1.54, 1.807) is 19.0 Å².